The van der Waals surface area contributed by atoms with E-state index in [0.29, 0.717) is 5.57 Å². The molecule has 0 spiro atoms. The lowest BCUT2D eigenvalue weighted by Crippen LogP contribution is -2.15. The Balaban J connectivity index is 4.90. The third-order valence-corrected chi connectivity index (χ3v) is 2.46. The van der Waals surface area contributed by atoms with Gasteiger partial charge in [-0.25, -0.2) is 4.79 Å². The Morgan fingerprint density at radius 3 is 2.07 bits per heavy atom. The highest BCUT2D eigenvalue weighted by Crippen LogP contribution is 2.32. The maximum absolute atomic E-state index is 10.9. The SMILES string of the molecule is CCCCC(=C(C)C(=O)O)C(C)(C)C. The van der Waals surface area contributed by atoms with E-state index in [0.717, 1.165) is 24.8 Å². The lowest BCUT2D eigenvalue weighted by atomic mass is 9.81. The highest BCUT2D eigenvalue weighted by Gasteiger charge is 2.21. The van der Waals surface area contributed by atoms with Gasteiger partial charge in [-0.05, 0) is 25.2 Å². The van der Waals surface area contributed by atoms with Crippen molar-refractivity contribution in [2.24, 2.45) is 5.41 Å². The topological polar surface area (TPSA) is 37.3 Å². The summed E-state index contributed by atoms with van der Waals surface area (Å²) in [7, 11) is 0. The van der Waals surface area contributed by atoms with Crippen LogP contribution in [0.5, 0.6) is 0 Å². The van der Waals surface area contributed by atoms with Crippen LogP contribution in [0.2, 0.25) is 0 Å². The van der Waals surface area contributed by atoms with E-state index in [1.165, 1.54) is 0 Å². The fourth-order valence-electron chi connectivity index (χ4n) is 1.61. The number of hydrogen-bond acceptors (Lipinski definition) is 1. The van der Waals surface area contributed by atoms with E-state index in [9.17, 15) is 4.79 Å². The molecule has 0 amide bonds. The summed E-state index contributed by atoms with van der Waals surface area (Å²) in [5, 5.41) is 8.96. The van der Waals surface area contributed by atoms with Crippen molar-refractivity contribution >= 4 is 5.97 Å². The van der Waals surface area contributed by atoms with E-state index >= 15 is 0 Å². The van der Waals surface area contributed by atoms with E-state index in [1.54, 1.807) is 6.92 Å². The molecular formula is C12H22O2. The van der Waals surface area contributed by atoms with Crippen molar-refractivity contribution in [1.29, 1.82) is 0 Å². The van der Waals surface area contributed by atoms with Crippen LogP contribution in [0.1, 0.15) is 53.9 Å². The van der Waals surface area contributed by atoms with Gasteiger partial charge in [0.2, 0.25) is 0 Å². The second-order valence-corrected chi connectivity index (χ2v) is 4.76. The Labute approximate surface area is 87.0 Å². The Bertz CT molecular complexity index is 231. The van der Waals surface area contributed by atoms with Crippen LogP contribution in [0.4, 0.5) is 0 Å². The first kappa shape index (κ1) is 13.2. The summed E-state index contributed by atoms with van der Waals surface area (Å²) in [4.78, 5) is 10.9. The second kappa shape index (κ2) is 5.18. The number of carbonyl (C=O) groups is 1. The number of carboxylic acids is 1. The fourth-order valence-corrected chi connectivity index (χ4v) is 1.61. The van der Waals surface area contributed by atoms with Crippen LogP contribution in [0.25, 0.3) is 0 Å². The molecule has 0 rings (SSSR count). The van der Waals surface area contributed by atoms with Crippen LogP contribution in [0.15, 0.2) is 11.1 Å². The third-order valence-electron chi connectivity index (χ3n) is 2.46. The van der Waals surface area contributed by atoms with Crippen LogP contribution in [-0.4, -0.2) is 11.1 Å². The van der Waals surface area contributed by atoms with Crippen LogP contribution < -0.4 is 0 Å². The second-order valence-electron chi connectivity index (χ2n) is 4.76. The summed E-state index contributed by atoms with van der Waals surface area (Å²) in [5.74, 6) is -0.786. The van der Waals surface area contributed by atoms with E-state index < -0.39 is 5.97 Å². The molecule has 0 saturated heterocycles. The minimum Gasteiger partial charge on any atom is -0.478 e. The Hall–Kier alpha value is -0.790. The largest absolute Gasteiger partial charge is 0.478 e. The highest BCUT2D eigenvalue weighted by atomic mass is 16.4. The maximum atomic E-state index is 10.9. The summed E-state index contributed by atoms with van der Waals surface area (Å²) in [6.45, 7) is 10.0. The first-order valence-corrected chi connectivity index (χ1v) is 5.24. The quantitative estimate of drug-likeness (QED) is 0.700. The molecule has 82 valence electrons. The lowest BCUT2D eigenvalue weighted by Gasteiger charge is -2.24. The number of allylic oxidation sites excluding steroid dienone is 1. The van der Waals surface area contributed by atoms with E-state index in [2.05, 4.69) is 27.7 Å². The Kier molecular flexibility index (Phi) is 4.89. The Morgan fingerprint density at radius 2 is 1.79 bits per heavy atom. The van der Waals surface area contributed by atoms with Gasteiger partial charge in [-0.3, -0.25) is 0 Å². The number of aliphatic carboxylic acids is 1. The monoisotopic (exact) mass is 198 g/mol. The van der Waals surface area contributed by atoms with Gasteiger partial charge in [-0.15, -0.1) is 0 Å². The number of hydrogen-bond donors (Lipinski definition) is 1. The van der Waals surface area contributed by atoms with Crippen LogP contribution >= 0.6 is 0 Å². The van der Waals surface area contributed by atoms with Gasteiger partial charge in [0, 0.05) is 5.57 Å². The van der Waals surface area contributed by atoms with Crippen molar-refractivity contribution in [3.63, 3.8) is 0 Å². The number of carboxylic acid groups (broad SMARTS) is 1. The summed E-state index contributed by atoms with van der Waals surface area (Å²) in [6, 6.07) is 0. The van der Waals surface area contributed by atoms with Crippen LogP contribution in [0.3, 0.4) is 0 Å². The lowest BCUT2D eigenvalue weighted by molar-refractivity contribution is -0.132. The zero-order chi connectivity index (χ0) is 11.4. The molecule has 14 heavy (non-hydrogen) atoms. The molecule has 0 heterocycles. The minimum absolute atomic E-state index is 0.0301. The van der Waals surface area contributed by atoms with E-state index in [4.69, 9.17) is 5.11 Å². The van der Waals surface area contributed by atoms with Gasteiger partial charge in [-0.2, -0.15) is 0 Å². The van der Waals surface area contributed by atoms with Crippen molar-refractivity contribution < 1.29 is 9.90 Å². The normalized spacial score (nSPS) is 13.8. The molecule has 0 aromatic rings. The van der Waals surface area contributed by atoms with Gasteiger partial charge in [0.25, 0.3) is 0 Å². The van der Waals surface area contributed by atoms with Gasteiger partial charge in [-0.1, -0.05) is 39.7 Å². The summed E-state index contributed by atoms with van der Waals surface area (Å²) < 4.78 is 0. The predicted molar refractivity (Wildman–Crippen MR) is 59.3 cm³/mol. The number of rotatable bonds is 4. The molecule has 0 atom stereocenters. The molecule has 0 aliphatic rings. The molecule has 0 aliphatic carbocycles. The standard InChI is InChI=1S/C12H22O2/c1-6-7-8-10(12(3,4)5)9(2)11(13)14/h6-8H2,1-5H3,(H,13,14). The van der Waals surface area contributed by atoms with Crippen molar-refractivity contribution in [3.05, 3.63) is 11.1 Å². The van der Waals surface area contributed by atoms with Gasteiger partial charge in [0.15, 0.2) is 0 Å². The van der Waals surface area contributed by atoms with Crippen LogP contribution in [-0.2, 0) is 4.79 Å². The molecular weight excluding hydrogens is 176 g/mol. The number of unbranched alkanes of at least 4 members (excludes halogenated alkanes) is 1. The molecule has 0 saturated carbocycles. The molecule has 2 heteroatoms. The molecule has 0 fully saturated rings. The molecule has 2 nitrogen and oxygen atoms in total. The summed E-state index contributed by atoms with van der Waals surface area (Å²) in [6.07, 6.45) is 3.07. The van der Waals surface area contributed by atoms with Gasteiger partial charge in [0.05, 0.1) is 0 Å². The van der Waals surface area contributed by atoms with E-state index in [1.807, 2.05) is 0 Å². The summed E-state index contributed by atoms with van der Waals surface area (Å²) in [5.41, 5.74) is 1.57. The van der Waals surface area contributed by atoms with Gasteiger partial charge in [0.1, 0.15) is 0 Å². The highest BCUT2D eigenvalue weighted by molar-refractivity contribution is 5.87. The molecule has 0 aromatic heterocycles. The average Bonchev–Trinajstić information content (AvgIpc) is 2.02. The summed E-state index contributed by atoms with van der Waals surface area (Å²) >= 11 is 0. The van der Waals surface area contributed by atoms with Gasteiger partial charge >= 0.3 is 5.97 Å². The zero-order valence-corrected chi connectivity index (χ0v) is 9.98. The third kappa shape index (κ3) is 3.95. The molecule has 1 N–H and O–H groups in total. The average molecular weight is 198 g/mol. The molecule has 0 aromatic carbocycles. The van der Waals surface area contributed by atoms with Crippen molar-refractivity contribution in [3.8, 4) is 0 Å². The first-order chi connectivity index (χ1) is 6.30. The van der Waals surface area contributed by atoms with Gasteiger partial charge < -0.3 is 5.11 Å². The Morgan fingerprint density at radius 1 is 1.29 bits per heavy atom. The zero-order valence-electron chi connectivity index (χ0n) is 9.98. The molecule has 0 bridgehead atoms. The molecule has 0 radical (unpaired) electrons. The van der Waals surface area contributed by atoms with Crippen molar-refractivity contribution in [2.45, 2.75) is 53.9 Å². The minimum atomic E-state index is -0.786. The molecule has 0 aliphatic heterocycles. The fraction of sp³-hybridized carbons (Fsp3) is 0.750. The first-order valence-electron chi connectivity index (χ1n) is 5.24. The predicted octanol–water partition coefficient (Wildman–Crippen LogP) is 3.62. The van der Waals surface area contributed by atoms with Crippen molar-refractivity contribution in [2.75, 3.05) is 0 Å². The van der Waals surface area contributed by atoms with E-state index in [-0.39, 0.29) is 5.41 Å². The van der Waals surface area contributed by atoms with Crippen molar-refractivity contribution in [1.82, 2.24) is 0 Å². The maximum Gasteiger partial charge on any atom is 0.331 e. The molecule has 0 unspecified atom stereocenters. The van der Waals surface area contributed by atoms with Crippen LogP contribution in [0, 0.1) is 5.41 Å². The smallest absolute Gasteiger partial charge is 0.331 e.